The molecular weight excluding hydrogens is 332 g/mol. The predicted octanol–water partition coefficient (Wildman–Crippen LogP) is 3.73. The van der Waals surface area contributed by atoms with Crippen LogP contribution in [-0.4, -0.2) is 24.7 Å². The predicted molar refractivity (Wildman–Crippen MR) is 97.1 cm³/mol. The first kappa shape index (κ1) is 17.6. The Morgan fingerprint density at radius 1 is 1.23 bits per heavy atom. The number of hydrogen-bond donors (Lipinski definition) is 1. The summed E-state index contributed by atoms with van der Waals surface area (Å²) in [6.45, 7) is 11.3. The highest BCUT2D eigenvalue weighted by Crippen LogP contribution is 2.36. The Balaban J connectivity index is 2.39. The summed E-state index contributed by atoms with van der Waals surface area (Å²) < 4.78 is 1.65. The van der Waals surface area contributed by atoms with Crippen LogP contribution in [0.4, 0.5) is 5.69 Å². The molecule has 8 heteroatoms. The number of fused-ring (bicyclic) bond motifs is 1. The summed E-state index contributed by atoms with van der Waals surface area (Å²) in [6.07, 6.45) is 0. The summed E-state index contributed by atoms with van der Waals surface area (Å²) in [6, 6.07) is 3.97. The number of aryl methyl sites for hydroxylation is 2. The van der Waals surface area contributed by atoms with E-state index in [1.54, 1.807) is 24.4 Å². The summed E-state index contributed by atoms with van der Waals surface area (Å²) >= 11 is 0. The summed E-state index contributed by atoms with van der Waals surface area (Å²) in [5, 5.41) is 32.7. The van der Waals surface area contributed by atoms with E-state index in [1.165, 1.54) is 0 Å². The number of nitrogens with zero attached hydrogens (tertiary/aromatic N) is 5. The van der Waals surface area contributed by atoms with E-state index in [0.717, 1.165) is 11.3 Å². The molecule has 8 nitrogen and oxygen atoms in total. The zero-order valence-electron chi connectivity index (χ0n) is 15.6. The number of hydrogen-bond acceptors (Lipinski definition) is 5. The minimum atomic E-state index is -0.373. The molecule has 1 aromatic carbocycles. The van der Waals surface area contributed by atoms with Gasteiger partial charge in [-0.15, -0.1) is 10.2 Å². The average Bonchev–Trinajstić information content (AvgIpc) is 3.05. The smallest absolute Gasteiger partial charge is 0.275 e. The van der Waals surface area contributed by atoms with Crippen molar-refractivity contribution in [2.75, 3.05) is 0 Å². The van der Waals surface area contributed by atoms with E-state index >= 15 is 0 Å². The summed E-state index contributed by atoms with van der Waals surface area (Å²) in [4.78, 5) is 11.1. The summed E-state index contributed by atoms with van der Waals surface area (Å²) in [7, 11) is 0. The molecule has 0 spiro atoms. The fraction of sp³-hybridized carbons (Fsp3) is 0.389. The molecule has 0 amide bonds. The van der Waals surface area contributed by atoms with E-state index in [1.807, 2.05) is 27.7 Å². The van der Waals surface area contributed by atoms with Gasteiger partial charge in [-0.2, -0.15) is 5.26 Å². The number of nitrogens with one attached hydrogen (secondary N) is 1. The van der Waals surface area contributed by atoms with E-state index < -0.39 is 0 Å². The van der Waals surface area contributed by atoms with Gasteiger partial charge in [-0.1, -0.05) is 20.8 Å². The van der Waals surface area contributed by atoms with Crippen molar-refractivity contribution in [3.8, 4) is 17.5 Å². The Hall–Kier alpha value is -3.21. The lowest BCUT2D eigenvalue weighted by molar-refractivity contribution is -0.386. The van der Waals surface area contributed by atoms with Crippen LogP contribution in [0.15, 0.2) is 6.07 Å². The minimum absolute atomic E-state index is 0.0745. The Labute approximate surface area is 150 Å². The molecule has 0 aliphatic rings. The first-order valence-electron chi connectivity index (χ1n) is 8.21. The number of rotatable bonds is 2. The zero-order chi connectivity index (χ0) is 19.4. The van der Waals surface area contributed by atoms with Gasteiger partial charge in [-0.3, -0.25) is 15.2 Å². The van der Waals surface area contributed by atoms with Gasteiger partial charge in [0.1, 0.15) is 11.6 Å². The maximum absolute atomic E-state index is 11.5. The summed E-state index contributed by atoms with van der Waals surface area (Å²) in [5.41, 5.74) is 4.07. The molecule has 0 saturated carbocycles. The third kappa shape index (κ3) is 2.44. The highest BCUT2D eigenvalue weighted by molar-refractivity contribution is 5.74. The minimum Gasteiger partial charge on any atom is -0.293 e. The molecule has 0 radical (unpaired) electrons. The lowest BCUT2D eigenvalue weighted by Gasteiger charge is -2.16. The monoisotopic (exact) mass is 352 g/mol. The van der Waals surface area contributed by atoms with Crippen LogP contribution in [-0.2, 0) is 5.41 Å². The molecule has 0 fully saturated rings. The number of nitro groups is 1. The van der Waals surface area contributed by atoms with E-state index in [4.69, 9.17) is 0 Å². The normalized spacial score (nSPS) is 11.7. The topological polar surface area (TPSA) is 113 Å². The molecule has 0 atom stereocenters. The molecule has 3 aromatic rings. The second-order valence-corrected chi connectivity index (χ2v) is 7.52. The quantitative estimate of drug-likeness (QED) is 0.558. The Kier molecular flexibility index (Phi) is 3.83. The van der Waals surface area contributed by atoms with Gasteiger partial charge < -0.3 is 0 Å². The molecule has 0 saturated heterocycles. The maximum atomic E-state index is 11.5. The molecule has 0 bridgehead atoms. The Morgan fingerprint density at radius 2 is 1.88 bits per heavy atom. The van der Waals surface area contributed by atoms with Crippen LogP contribution < -0.4 is 0 Å². The van der Waals surface area contributed by atoms with Crippen molar-refractivity contribution >= 4 is 11.3 Å². The van der Waals surface area contributed by atoms with Crippen molar-refractivity contribution < 1.29 is 4.92 Å². The fourth-order valence-corrected chi connectivity index (χ4v) is 3.44. The Morgan fingerprint density at radius 3 is 2.42 bits per heavy atom. The lowest BCUT2D eigenvalue weighted by atomic mass is 9.90. The molecule has 1 N–H and O–H groups in total. The third-order valence-corrected chi connectivity index (χ3v) is 4.56. The molecule has 0 aliphatic heterocycles. The molecule has 26 heavy (non-hydrogen) atoms. The van der Waals surface area contributed by atoms with Gasteiger partial charge in [0.25, 0.3) is 5.69 Å². The van der Waals surface area contributed by atoms with Crippen molar-refractivity contribution in [1.82, 2.24) is 19.8 Å². The SMILES string of the molecule is Cc1cc(C)c([N+](=O)[O-])c(C)c1-c1nnc2c(C#N)c(C(C)(C)C)[nH]n12. The molecule has 0 aliphatic carbocycles. The molecule has 3 rings (SSSR count). The van der Waals surface area contributed by atoms with Crippen LogP contribution >= 0.6 is 0 Å². The average molecular weight is 352 g/mol. The van der Waals surface area contributed by atoms with Gasteiger partial charge in [-0.25, -0.2) is 4.52 Å². The van der Waals surface area contributed by atoms with Gasteiger partial charge >= 0.3 is 0 Å². The molecular formula is C18H20N6O2. The molecule has 134 valence electrons. The van der Waals surface area contributed by atoms with E-state index in [2.05, 4.69) is 21.4 Å². The molecule has 2 aromatic heterocycles. The van der Waals surface area contributed by atoms with E-state index in [-0.39, 0.29) is 16.0 Å². The van der Waals surface area contributed by atoms with Gasteiger partial charge in [0.2, 0.25) is 0 Å². The van der Waals surface area contributed by atoms with Gasteiger partial charge in [0.05, 0.1) is 10.6 Å². The van der Waals surface area contributed by atoms with Gasteiger partial charge in [0.15, 0.2) is 11.5 Å². The fourth-order valence-electron chi connectivity index (χ4n) is 3.44. The number of aromatic amines is 1. The first-order valence-corrected chi connectivity index (χ1v) is 8.21. The lowest BCUT2D eigenvalue weighted by Crippen LogP contribution is -2.14. The Bertz CT molecular complexity index is 1090. The maximum Gasteiger partial charge on any atom is 0.275 e. The first-order chi connectivity index (χ1) is 12.1. The van der Waals surface area contributed by atoms with Crippen molar-refractivity contribution in [2.24, 2.45) is 0 Å². The highest BCUT2D eigenvalue weighted by atomic mass is 16.6. The van der Waals surface area contributed by atoms with Crippen LogP contribution in [0, 0.1) is 42.2 Å². The molecule has 2 heterocycles. The van der Waals surface area contributed by atoms with E-state index in [0.29, 0.717) is 33.7 Å². The number of nitriles is 1. The summed E-state index contributed by atoms with van der Waals surface area (Å²) in [5.74, 6) is 0.463. The van der Waals surface area contributed by atoms with Crippen LogP contribution in [0.3, 0.4) is 0 Å². The van der Waals surface area contributed by atoms with Crippen LogP contribution in [0.25, 0.3) is 17.0 Å². The third-order valence-electron chi connectivity index (χ3n) is 4.56. The number of aromatic nitrogens is 4. The number of H-pyrrole nitrogens is 1. The highest BCUT2D eigenvalue weighted by Gasteiger charge is 2.28. The van der Waals surface area contributed by atoms with Crippen molar-refractivity contribution in [3.05, 3.63) is 44.1 Å². The van der Waals surface area contributed by atoms with Gasteiger partial charge in [0, 0.05) is 22.1 Å². The molecule has 0 unspecified atom stereocenters. The van der Waals surface area contributed by atoms with Crippen molar-refractivity contribution in [2.45, 2.75) is 47.0 Å². The number of benzene rings is 1. The van der Waals surface area contributed by atoms with Crippen molar-refractivity contribution in [1.29, 1.82) is 5.26 Å². The van der Waals surface area contributed by atoms with Crippen LogP contribution in [0.1, 0.15) is 48.7 Å². The second kappa shape index (κ2) is 5.66. The van der Waals surface area contributed by atoms with Crippen LogP contribution in [0.2, 0.25) is 0 Å². The van der Waals surface area contributed by atoms with E-state index in [9.17, 15) is 15.4 Å². The van der Waals surface area contributed by atoms with Crippen LogP contribution in [0.5, 0.6) is 0 Å². The van der Waals surface area contributed by atoms with Gasteiger partial charge in [-0.05, 0) is 32.4 Å². The largest absolute Gasteiger partial charge is 0.293 e. The zero-order valence-corrected chi connectivity index (χ0v) is 15.6. The van der Waals surface area contributed by atoms with Crippen molar-refractivity contribution in [3.63, 3.8) is 0 Å². The second-order valence-electron chi connectivity index (χ2n) is 7.52. The number of nitro benzene ring substituents is 1. The standard InChI is InChI=1S/C18H20N6O2/c1-9-7-10(2)14(24(25)26)11(3)13(9)17-21-20-16-12(8-19)15(18(4,5)6)22-23(16)17/h7,22H,1-6H3.